The van der Waals surface area contributed by atoms with E-state index < -0.39 is 5.97 Å². The van der Waals surface area contributed by atoms with Crippen LogP contribution in [0.2, 0.25) is 0 Å². The summed E-state index contributed by atoms with van der Waals surface area (Å²) in [5, 5.41) is 9.42. The van der Waals surface area contributed by atoms with Crippen molar-refractivity contribution in [2.24, 2.45) is 0 Å². The van der Waals surface area contributed by atoms with Crippen LogP contribution in [0.15, 0.2) is 72.0 Å². The summed E-state index contributed by atoms with van der Waals surface area (Å²) in [6.07, 6.45) is 10.2. The molecular formula is C26H30N2O2. The Labute approximate surface area is 179 Å². The van der Waals surface area contributed by atoms with Gasteiger partial charge in [0, 0.05) is 24.5 Å². The quantitative estimate of drug-likeness (QED) is 0.686. The van der Waals surface area contributed by atoms with Crippen molar-refractivity contribution >= 4 is 11.7 Å². The summed E-state index contributed by atoms with van der Waals surface area (Å²) in [7, 11) is 2.07. The fraction of sp³-hybridized carbons (Fsp3) is 0.346. The minimum atomic E-state index is -0.858. The van der Waals surface area contributed by atoms with E-state index in [1.807, 2.05) is 12.1 Å². The Kier molecular flexibility index (Phi) is 6.34. The first-order valence-corrected chi connectivity index (χ1v) is 10.9. The second-order valence-corrected chi connectivity index (χ2v) is 8.26. The lowest BCUT2D eigenvalue weighted by atomic mass is 9.97. The van der Waals surface area contributed by atoms with Crippen molar-refractivity contribution in [2.75, 3.05) is 25.0 Å². The summed E-state index contributed by atoms with van der Waals surface area (Å²) >= 11 is 0. The van der Waals surface area contributed by atoms with E-state index in [9.17, 15) is 9.90 Å². The highest BCUT2D eigenvalue weighted by Crippen LogP contribution is 2.36. The van der Waals surface area contributed by atoms with Crippen molar-refractivity contribution in [3.63, 3.8) is 0 Å². The van der Waals surface area contributed by atoms with Crippen molar-refractivity contribution < 1.29 is 9.90 Å². The lowest BCUT2D eigenvalue weighted by Crippen LogP contribution is -2.28. The number of carboxylic acids is 1. The van der Waals surface area contributed by atoms with Crippen LogP contribution in [0.5, 0.6) is 0 Å². The van der Waals surface area contributed by atoms with Crippen LogP contribution in [-0.4, -0.2) is 36.1 Å². The normalized spacial score (nSPS) is 15.7. The zero-order valence-corrected chi connectivity index (χ0v) is 17.7. The highest BCUT2D eigenvalue weighted by atomic mass is 16.4. The maximum absolute atomic E-state index is 11.5. The van der Waals surface area contributed by atoms with E-state index in [2.05, 4.69) is 53.3 Å². The van der Waals surface area contributed by atoms with Gasteiger partial charge in [-0.2, -0.15) is 0 Å². The van der Waals surface area contributed by atoms with Gasteiger partial charge in [-0.1, -0.05) is 42.5 Å². The molecule has 1 heterocycles. The number of fused-ring (bicyclic) bond motifs is 1. The number of nitrogens with zero attached hydrogens (tertiary/aromatic N) is 2. The molecule has 1 N–H and O–H groups in total. The zero-order valence-electron chi connectivity index (χ0n) is 17.7. The number of para-hydroxylation sites is 1. The van der Waals surface area contributed by atoms with E-state index >= 15 is 0 Å². The molecular weight excluding hydrogens is 372 g/mol. The maximum atomic E-state index is 11.5. The first-order chi connectivity index (χ1) is 14.6. The SMILES string of the molecule is CN(CCCN1C2=C(CCC=C2)CCc2ccccc21)Cc1ccccc1C(=O)O. The third kappa shape index (κ3) is 4.49. The van der Waals surface area contributed by atoms with Crippen LogP contribution in [0.25, 0.3) is 0 Å². The van der Waals surface area contributed by atoms with Gasteiger partial charge in [-0.15, -0.1) is 0 Å². The van der Waals surface area contributed by atoms with E-state index in [0.717, 1.165) is 44.3 Å². The van der Waals surface area contributed by atoms with Crippen molar-refractivity contribution in [2.45, 2.75) is 38.6 Å². The van der Waals surface area contributed by atoms with Crippen LogP contribution in [0, 0.1) is 0 Å². The molecule has 2 aromatic carbocycles. The van der Waals surface area contributed by atoms with Crippen molar-refractivity contribution in [3.8, 4) is 0 Å². The molecule has 4 rings (SSSR count). The van der Waals surface area contributed by atoms with Crippen LogP contribution in [0.1, 0.15) is 47.2 Å². The van der Waals surface area contributed by atoms with E-state index in [1.54, 1.807) is 17.7 Å². The molecule has 30 heavy (non-hydrogen) atoms. The lowest BCUT2D eigenvalue weighted by Gasteiger charge is -2.30. The summed E-state index contributed by atoms with van der Waals surface area (Å²) in [4.78, 5) is 16.2. The number of carbonyl (C=O) groups is 1. The molecule has 0 spiro atoms. The standard InChI is InChI=1S/C26H30N2O2/c1-27(19-22-11-2-5-12-23(22)26(29)30)17-8-18-28-24-13-6-3-9-20(24)15-16-21-10-4-7-14-25(21)28/h2-3,5-7,9,11-14H,4,8,10,15-19H2,1H3,(H,29,30). The molecule has 0 atom stereocenters. The predicted octanol–water partition coefficient (Wildman–Crippen LogP) is 5.26. The summed E-state index contributed by atoms with van der Waals surface area (Å²) in [5.41, 5.74) is 7.01. The van der Waals surface area contributed by atoms with Crippen LogP contribution in [0.4, 0.5) is 5.69 Å². The summed E-state index contributed by atoms with van der Waals surface area (Å²) in [6.45, 7) is 2.52. The first kappa shape index (κ1) is 20.4. The highest BCUT2D eigenvalue weighted by Gasteiger charge is 2.22. The molecule has 0 amide bonds. The topological polar surface area (TPSA) is 43.8 Å². The Morgan fingerprint density at radius 1 is 1.07 bits per heavy atom. The second kappa shape index (κ2) is 9.31. The average Bonchev–Trinajstić information content (AvgIpc) is 2.91. The molecule has 0 unspecified atom stereocenters. The van der Waals surface area contributed by atoms with Gasteiger partial charge in [0.15, 0.2) is 0 Å². The molecule has 2 aromatic rings. The molecule has 0 radical (unpaired) electrons. The number of rotatable bonds is 7. The molecule has 0 saturated carbocycles. The fourth-order valence-electron chi connectivity index (χ4n) is 4.61. The van der Waals surface area contributed by atoms with Gasteiger partial charge in [0.05, 0.1) is 5.56 Å². The summed E-state index contributed by atoms with van der Waals surface area (Å²) < 4.78 is 0. The summed E-state index contributed by atoms with van der Waals surface area (Å²) in [5.74, 6) is -0.858. The van der Waals surface area contributed by atoms with Crippen LogP contribution in [-0.2, 0) is 13.0 Å². The molecule has 0 bridgehead atoms. The Balaban J connectivity index is 1.44. The number of hydrogen-bond donors (Lipinski definition) is 1. The number of benzene rings is 2. The smallest absolute Gasteiger partial charge is 0.336 e. The number of allylic oxidation sites excluding steroid dienone is 3. The van der Waals surface area contributed by atoms with Gasteiger partial charge in [-0.25, -0.2) is 4.79 Å². The number of hydrogen-bond acceptors (Lipinski definition) is 3. The Hall–Kier alpha value is -2.85. The maximum Gasteiger partial charge on any atom is 0.336 e. The monoisotopic (exact) mass is 402 g/mol. The molecule has 2 aliphatic rings. The van der Waals surface area contributed by atoms with Crippen molar-refractivity contribution in [1.29, 1.82) is 0 Å². The van der Waals surface area contributed by atoms with Gasteiger partial charge in [0.25, 0.3) is 0 Å². The fourth-order valence-corrected chi connectivity index (χ4v) is 4.61. The lowest BCUT2D eigenvalue weighted by molar-refractivity contribution is 0.0694. The van der Waals surface area contributed by atoms with E-state index in [-0.39, 0.29) is 0 Å². The van der Waals surface area contributed by atoms with Crippen LogP contribution < -0.4 is 4.90 Å². The molecule has 1 aliphatic heterocycles. The third-order valence-electron chi connectivity index (χ3n) is 6.13. The molecule has 4 heteroatoms. The Morgan fingerprint density at radius 3 is 2.73 bits per heavy atom. The van der Waals surface area contributed by atoms with Gasteiger partial charge < -0.3 is 14.9 Å². The van der Waals surface area contributed by atoms with Gasteiger partial charge in [0.2, 0.25) is 0 Å². The number of carboxylic acid groups (broad SMARTS) is 1. The predicted molar refractivity (Wildman–Crippen MR) is 122 cm³/mol. The van der Waals surface area contributed by atoms with E-state index in [0.29, 0.717) is 12.1 Å². The first-order valence-electron chi connectivity index (χ1n) is 10.9. The average molecular weight is 403 g/mol. The number of anilines is 1. The minimum absolute atomic E-state index is 0.396. The largest absolute Gasteiger partial charge is 0.478 e. The molecule has 4 nitrogen and oxygen atoms in total. The van der Waals surface area contributed by atoms with E-state index in [1.165, 1.54) is 23.4 Å². The minimum Gasteiger partial charge on any atom is -0.478 e. The van der Waals surface area contributed by atoms with Crippen molar-refractivity contribution in [3.05, 3.63) is 88.6 Å². The van der Waals surface area contributed by atoms with Gasteiger partial charge in [-0.05, 0) is 80.6 Å². The van der Waals surface area contributed by atoms with Crippen LogP contribution >= 0.6 is 0 Å². The molecule has 0 aromatic heterocycles. The van der Waals surface area contributed by atoms with Gasteiger partial charge in [-0.3, -0.25) is 0 Å². The highest BCUT2D eigenvalue weighted by molar-refractivity contribution is 5.89. The molecule has 156 valence electrons. The van der Waals surface area contributed by atoms with Gasteiger partial charge >= 0.3 is 5.97 Å². The van der Waals surface area contributed by atoms with Gasteiger partial charge in [0.1, 0.15) is 0 Å². The third-order valence-corrected chi connectivity index (χ3v) is 6.13. The summed E-state index contributed by atoms with van der Waals surface area (Å²) in [6, 6.07) is 16.1. The van der Waals surface area contributed by atoms with Crippen molar-refractivity contribution in [1.82, 2.24) is 4.90 Å². The Bertz CT molecular complexity index is 977. The van der Waals surface area contributed by atoms with E-state index in [4.69, 9.17) is 0 Å². The molecule has 1 aliphatic carbocycles. The Morgan fingerprint density at radius 2 is 1.87 bits per heavy atom. The molecule has 0 saturated heterocycles. The number of aromatic carboxylic acids is 1. The molecule has 0 fully saturated rings. The zero-order chi connectivity index (χ0) is 20.9. The second-order valence-electron chi connectivity index (χ2n) is 8.26. The van der Waals surface area contributed by atoms with Crippen LogP contribution in [0.3, 0.4) is 0 Å². The number of aryl methyl sites for hydroxylation is 1.